The molecule has 168 valence electrons. The van der Waals surface area contributed by atoms with Crippen molar-refractivity contribution in [2.45, 2.75) is 11.8 Å². The number of methoxy groups -OCH3 is 1. The van der Waals surface area contributed by atoms with Gasteiger partial charge in [-0.3, -0.25) is 4.79 Å². The fraction of sp³-hybridized carbons (Fsp3) is 0.0870. The summed E-state index contributed by atoms with van der Waals surface area (Å²) in [4.78, 5) is 22.9. The Morgan fingerprint density at radius 2 is 1.73 bits per heavy atom. The van der Waals surface area contributed by atoms with Crippen LogP contribution in [-0.4, -0.2) is 25.4 Å². The Morgan fingerprint density at radius 3 is 2.39 bits per heavy atom. The van der Waals surface area contributed by atoms with E-state index in [4.69, 9.17) is 4.74 Å². The molecule has 9 nitrogen and oxygen atoms in total. The van der Waals surface area contributed by atoms with Crippen molar-refractivity contribution in [3.63, 3.8) is 0 Å². The summed E-state index contributed by atoms with van der Waals surface area (Å²) < 4.78 is 32.8. The Balaban J connectivity index is 1.79. The number of rotatable bonds is 7. The van der Waals surface area contributed by atoms with E-state index in [0.29, 0.717) is 28.2 Å². The number of benzene rings is 3. The number of amides is 1. The molecule has 0 spiro atoms. The summed E-state index contributed by atoms with van der Waals surface area (Å²) in [6.45, 7) is 1.42. The average Bonchev–Trinajstić information content (AvgIpc) is 3.26. The van der Waals surface area contributed by atoms with Crippen LogP contribution in [0.5, 0.6) is 5.75 Å². The lowest BCUT2D eigenvalue weighted by Gasteiger charge is -2.12. The van der Waals surface area contributed by atoms with Crippen molar-refractivity contribution in [1.29, 1.82) is 0 Å². The van der Waals surface area contributed by atoms with E-state index in [2.05, 4.69) is 15.8 Å². The van der Waals surface area contributed by atoms with E-state index in [-0.39, 0.29) is 22.0 Å². The van der Waals surface area contributed by atoms with Gasteiger partial charge in [-0.25, -0.2) is 12.4 Å². The van der Waals surface area contributed by atoms with Crippen molar-refractivity contribution < 1.29 is 17.9 Å². The summed E-state index contributed by atoms with van der Waals surface area (Å²) in [5.74, 6) is 0.325. The first-order valence-electron chi connectivity index (χ1n) is 9.85. The monoisotopic (exact) mass is 464 g/mol. The van der Waals surface area contributed by atoms with Crippen molar-refractivity contribution >= 4 is 49.6 Å². The molecule has 0 saturated carbocycles. The highest BCUT2D eigenvalue weighted by atomic mass is 32.2. The van der Waals surface area contributed by atoms with Crippen LogP contribution in [0.1, 0.15) is 6.92 Å². The Kier molecular flexibility index (Phi) is 5.84. The molecule has 0 atom stereocenters. The van der Waals surface area contributed by atoms with Crippen molar-refractivity contribution in [2.75, 3.05) is 17.7 Å². The minimum atomic E-state index is -4.00. The summed E-state index contributed by atoms with van der Waals surface area (Å²) in [6.07, 6.45) is 1.39. The smallest absolute Gasteiger partial charge is 0.268 e. The van der Waals surface area contributed by atoms with Crippen LogP contribution in [0, 0.1) is 4.91 Å². The van der Waals surface area contributed by atoms with Gasteiger partial charge < -0.3 is 15.4 Å². The van der Waals surface area contributed by atoms with Gasteiger partial charge in [-0.1, -0.05) is 6.07 Å². The van der Waals surface area contributed by atoms with Crippen LogP contribution >= 0.6 is 0 Å². The van der Waals surface area contributed by atoms with Gasteiger partial charge in [0, 0.05) is 35.6 Å². The fourth-order valence-electron chi connectivity index (χ4n) is 3.49. The molecular weight excluding hydrogens is 444 g/mol. The second-order valence-corrected chi connectivity index (χ2v) is 8.98. The highest BCUT2D eigenvalue weighted by Crippen LogP contribution is 2.36. The van der Waals surface area contributed by atoms with Gasteiger partial charge in [-0.15, -0.1) is 4.91 Å². The molecule has 3 aromatic carbocycles. The number of anilines is 3. The first-order chi connectivity index (χ1) is 15.8. The summed E-state index contributed by atoms with van der Waals surface area (Å²) >= 11 is 0. The van der Waals surface area contributed by atoms with Gasteiger partial charge >= 0.3 is 0 Å². The van der Waals surface area contributed by atoms with Gasteiger partial charge in [-0.2, -0.15) is 0 Å². The topological polar surface area (TPSA) is 119 Å². The van der Waals surface area contributed by atoms with Crippen LogP contribution in [-0.2, 0) is 14.8 Å². The SMILES string of the molecule is COc1ccc(S(=O)(=O)n2ccc3c(Nc4cccc(NC(C)=O)c4)ccc(N=O)c32)cc1. The van der Waals surface area contributed by atoms with Crippen LogP contribution in [0.15, 0.2) is 83.0 Å². The normalized spacial score (nSPS) is 11.2. The number of carbonyl (C=O) groups is 1. The summed E-state index contributed by atoms with van der Waals surface area (Å²) in [5.41, 5.74) is 1.99. The number of aromatic nitrogens is 1. The molecule has 1 amide bonds. The quantitative estimate of drug-likeness (QED) is 0.372. The van der Waals surface area contributed by atoms with Crippen LogP contribution in [0.2, 0.25) is 0 Å². The van der Waals surface area contributed by atoms with Gasteiger partial charge in [0.1, 0.15) is 11.4 Å². The molecule has 0 aliphatic rings. The average molecular weight is 465 g/mol. The molecule has 33 heavy (non-hydrogen) atoms. The molecule has 0 saturated heterocycles. The summed E-state index contributed by atoms with van der Waals surface area (Å²) in [6, 6.07) is 17.7. The minimum Gasteiger partial charge on any atom is -0.497 e. The second kappa shape index (κ2) is 8.75. The van der Waals surface area contributed by atoms with Gasteiger partial charge in [0.15, 0.2) is 0 Å². The predicted octanol–water partition coefficient (Wildman–Crippen LogP) is 4.99. The van der Waals surface area contributed by atoms with E-state index >= 15 is 0 Å². The zero-order chi connectivity index (χ0) is 23.6. The van der Waals surface area contributed by atoms with Gasteiger partial charge in [-0.05, 0) is 65.8 Å². The lowest BCUT2D eigenvalue weighted by Crippen LogP contribution is -2.11. The molecule has 1 heterocycles. The number of hydrogen-bond donors (Lipinski definition) is 2. The Hall–Kier alpha value is -4.18. The fourth-order valence-corrected chi connectivity index (χ4v) is 4.85. The maximum absolute atomic E-state index is 13.3. The van der Waals surface area contributed by atoms with E-state index in [1.54, 1.807) is 48.5 Å². The Labute approximate surface area is 190 Å². The molecule has 4 aromatic rings. The van der Waals surface area contributed by atoms with Crippen LogP contribution in [0.25, 0.3) is 10.9 Å². The number of ether oxygens (including phenoxy) is 1. The predicted molar refractivity (Wildman–Crippen MR) is 127 cm³/mol. The minimum absolute atomic E-state index is 0.00960. The molecule has 0 aliphatic carbocycles. The Bertz CT molecular complexity index is 1460. The highest BCUT2D eigenvalue weighted by molar-refractivity contribution is 7.90. The molecule has 0 unspecified atom stereocenters. The molecule has 0 fully saturated rings. The third kappa shape index (κ3) is 4.28. The molecule has 0 radical (unpaired) electrons. The highest BCUT2D eigenvalue weighted by Gasteiger charge is 2.22. The second-order valence-electron chi connectivity index (χ2n) is 7.16. The van der Waals surface area contributed by atoms with E-state index in [1.165, 1.54) is 38.4 Å². The van der Waals surface area contributed by atoms with Crippen LogP contribution in [0.4, 0.5) is 22.7 Å². The van der Waals surface area contributed by atoms with Crippen LogP contribution in [0.3, 0.4) is 0 Å². The summed E-state index contributed by atoms with van der Waals surface area (Å²) in [5, 5.41) is 9.45. The number of hydrogen-bond acceptors (Lipinski definition) is 7. The summed E-state index contributed by atoms with van der Waals surface area (Å²) in [7, 11) is -2.51. The number of nitrogens with zero attached hydrogens (tertiary/aromatic N) is 2. The zero-order valence-electron chi connectivity index (χ0n) is 17.8. The van der Waals surface area contributed by atoms with E-state index in [0.717, 1.165) is 3.97 Å². The zero-order valence-corrected chi connectivity index (χ0v) is 18.6. The van der Waals surface area contributed by atoms with E-state index in [9.17, 15) is 18.1 Å². The Morgan fingerprint density at radius 1 is 1.00 bits per heavy atom. The molecular formula is C23H20N4O5S. The molecule has 1 aromatic heterocycles. The first kappa shape index (κ1) is 22.0. The molecule has 10 heteroatoms. The van der Waals surface area contributed by atoms with E-state index < -0.39 is 10.0 Å². The maximum Gasteiger partial charge on any atom is 0.268 e. The lowest BCUT2D eigenvalue weighted by molar-refractivity contribution is -0.114. The largest absolute Gasteiger partial charge is 0.497 e. The van der Waals surface area contributed by atoms with Crippen molar-refractivity contribution in [3.05, 3.63) is 77.8 Å². The standard InChI is InChI=1S/C23H20N4O5S/c1-15(28)24-16-4-3-5-17(14-16)25-21-10-11-22(26-29)23-20(21)12-13-27(23)33(30,31)19-8-6-18(32-2)7-9-19/h3-14,25H,1-2H3,(H,24,28). The lowest BCUT2D eigenvalue weighted by atomic mass is 10.1. The third-order valence-electron chi connectivity index (χ3n) is 4.97. The number of carbonyl (C=O) groups excluding carboxylic acids is 1. The van der Waals surface area contributed by atoms with Crippen molar-refractivity contribution in [3.8, 4) is 5.75 Å². The van der Waals surface area contributed by atoms with Gasteiger partial charge in [0.25, 0.3) is 10.0 Å². The molecule has 4 rings (SSSR count). The maximum atomic E-state index is 13.3. The van der Waals surface area contributed by atoms with E-state index in [1.807, 2.05) is 0 Å². The number of fused-ring (bicyclic) bond motifs is 1. The van der Waals surface area contributed by atoms with Gasteiger partial charge in [0.05, 0.1) is 17.5 Å². The van der Waals surface area contributed by atoms with Crippen LogP contribution < -0.4 is 15.4 Å². The van der Waals surface area contributed by atoms with Crippen molar-refractivity contribution in [2.24, 2.45) is 5.18 Å². The molecule has 0 bridgehead atoms. The number of nitrogens with one attached hydrogen (secondary N) is 2. The van der Waals surface area contributed by atoms with Gasteiger partial charge in [0.2, 0.25) is 5.91 Å². The third-order valence-corrected chi connectivity index (χ3v) is 6.66. The molecule has 2 N–H and O–H groups in total. The van der Waals surface area contributed by atoms with Crippen molar-refractivity contribution in [1.82, 2.24) is 3.97 Å². The molecule has 0 aliphatic heterocycles. The number of nitroso groups, excluding NO2 is 1. The first-order valence-corrected chi connectivity index (χ1v) is 11.3.